The van der Waals surface area contributed by atoms with E-state index in [1.807, 2.05) is 0 Å². The second kappa shape index (κ2) is 4.33. The van der Waals surface area contributed by atoms with Crippen LogP contribution < -0.4 is 0 Å². The van der Waals surface area contributed by atoms with E-state index < -0.39 is 16.9 Å². The number of hydrogen-bond donors (Lipinski definition) is 0. The van der Waals surface area contributed by atoms with Gasteiger partial charge in [0.2, 0.25) is 0 Å². The lowest BCUT2D eigenvalue weighted by Gasteiger charge is -2.23. The summed E-state index contributed by atoms with van der Waals surface area (Å²) in [6.45, 7) is 1.92. The number of hydrogen-bond acceptors (Lipinski definition) is 5. The van der Waals surface area contributed by atoms with Gasteiger partial charge >= 0.3 is 5.97 Å². The lowest BCUT2D eigenvalue weighted by atomic mass is 9.92. The summed E-state index contributed by atoms with van der Waals surface area (Å²) in [5.74, 6) is -0.768. The van der Waals surface area contributed by atoms with E-state index in [9.17, 15) is 9.59 Å². The van der Waals surface area contributed by atoms with Crippen molar-refractivity contribution in [2.45, 2.75) is 17.9 Å². The molecule has 0 N–H and O–H groups in total. The van der Waals surface area contributed by atoms with E-state index >= 15 is 0 Å². The van der Waals surface area contributed by atoms with Crippen LogP contribution in [0.1, 0.15) is 6.92 Å². The Balaban J connectivity index is 2.19. The van der Waals surface area contributed by atoms with Crippen LogP contribution in [0.5, 0.6) is 0 Å². The standard InChI is InChI=1S/C11H10ClNO4/c1-2-16-10(15)8-9(12)11(17-13-8)5-3-7(14)4-6-11/h3-6,9H,2H2,1H3. The molecule has 90 valence electrons. The maximum atomic E-state index is 11.5. The minimum absolute atomic E-state index is 0.0113. The number of nitrogens with zero attached hydrogens (tertiary/aromatic N) is 1. The average molecular weight is 256 g/mol. The molecule has 1 atom stereocenters. The average Bonchev–Trinajstić information content (AvgIpc) is 2.62. The Bertz CT molecular complexity index is 436. The Morgan fingerprint density at radius 1 is 1.59 bits per heavy atom. The Morgan fingerprint density at radius 3 is 2.82 bits per heavy atom. The van der Waals surface area contributed by atoms with E-state index in [0.717, 1.165) is 0 Å². The number of oxime groups is 1. The first-order valence-electron chi connectivity index (χ1n) is 5.09. The van der Waals surface area contributed by atoms with Crippen LogP contribution in [0.2, 0.25) is 0 Å². The molecule has 0 aromatic carbocycles. The van der Waals surface area contributed by atoms with Crippen LogP contribution in [-0.2, 0) is 19.2 Å². The number of alkyl halides is 1. The molecule has 1 unspecified atom stereocenters. The number of ketones is 1. The summed E-state index contributed by atoms with van der Waals surface area (Å²) in [7, 11) is 0. The zero-order chi connectivity index (χ0) is 12.5. The summed E-state index contributed by atoms with van der Waals surface area (Å²) >= 11 is 6.12. The third-order valence-corrected chi connectivity index (χ3v) is 2.99. The summed E-state index contributed by atoms with van der Waals surface area (Å²) in [5, 5.41) is 2.83. The second-order valence-electron chi connectivity index (χ2n) is 3.57. The first-order chi connectivity index (χ1) is 8.09. The van der Waals surface area contributed by atoms with Crippen molar-refractivity contribution in [3.63, 3.8) is 0 Å². The number of halogens is 1. The molecule has 0 saturated carbocycles. The van der Waals surface area contributed by atoms with E-state index in [1.165, 1.54) is 24.3 Å². The molecule has 0 amide bonds. The molecular weight excluding hydrogens is 246 g/mol. The van der Waals surface area contributed by atoms with Crippen molar-refractivity contribution in [3.8, 4) is 0 Å². The zero-order valence-corrected chi connectivity index (χ0v) is 9.81. The van der Waals surface area contributed by atoms with Crippen LogP contribution in [0.4, 0.5) is 0 Å². The van der Waals surface area contributed by atoms with E-state index in [-0.39, 0.29) is 18.1 Å². The number of carbonyl (C=O) groups excluding carboxylic acids is 2. The van der Waals surface area contributed by atoms with Gasteiger partial charge in [0.05, 0.1) is 6.61 Å². The zero-order valence-electron chi connectivity index (χ0n) is 9.05. The molecule has 6 heteroatoms. The summed E-state index contributed by atoms with van der Waals surface area (Å²) < 4.78 is 4.80. The summed E-state index contributed by atoms with van der Waals surface area (Å²) in [6, 6.07) is 0. The Kier molecular flexibility index (Phi) is 3.02. The first kappa shape index (κ1) is 11.9. The highest BCUT2D eigenvalue weighted by Gasteiger charge is 2.48. The van der Waals surface area contributed by atoms with Crippen LogP contribution in [0.3, 0.4) is 0 Å². The Hall–Kier alpha value is -1.62. The molecule has 0 aromatic heterocycles. The molecule has 17 heavy (non-hydrogen) atoms. The lowest BCUT2D eigenvalue weighted by molar-refractivity contribution is -0.135. The van der Waals surface area contributed by atoms with E-state index in [1.54, 1.807) is 6.92 Å². The van der Waals surface area contributed by atoms with Gasteiger partial charge in [0, 0.05) is 0 Å². The van der Waals surface area contributed by atoms with Gasteiger partial charge in [-0.3, -0.25) is 4.79 Å². The van der Waals surface area contributed by atoms with Crippen molar-refractivity contribution in [2.75, 3.05) is 6.61 Å². The van der Waals surface area contributed by atoms with Gasteiger partial charge < -0.3 is 9.57 Å². The third-order valence-electron chi connectivity index (χ3n) is 2.44. The van der Waals surface area contributed by atoms with Gasteiger partial charge in [-0.1, -0.05) is 5.16 Å². The van der Waals surface area contributed by atoms with E-state index in [2.05, 4.69) is 5.16 Å². The van der Waals surface area contributed by atoms with Gasteiger partial charge in [-0.15, -0.1) is 11.6 Å². The highest BCUT2D eigenvalue weighted by atomic mass is 35.5. The lowest BCUT2D eigenvalue weighted by Crippen LogP contribution is -2.40. The van der Waals surface area contributed by atoms with Gasteiger partial charge in [0.25, 0.3) is 0 Å². The summed E-state index contributed by atoms with van der Waals surface area (Å²) in [6.07, 6.45) is 5.64. The van der Waals surface area contributed by atoms with Crippen LogP contribution in [0.15, 0.2) is 29.5 Å². The van der Waals surface area contributed by atoms with Gasteiger partial charge in [-0.2, -0.15) is 0 Å². The molecule has 1 aliphatic carbocycles. The molecule has 1 spiro atoms. The fraction of sp³-hybridized carbons (Fsp3) is 0.364. The van der Waals surface area contributed by atoms with Crippen molar-refractivity contribution in [3.05, 3.63) is 24.3 Å². The highest BCUT2D eigenvalue weighted by Crippen LogP contribution is 2.33. The molecule has 2 aliphatic rings. The van der Waals surface area contributed by atoms with Crippen LogP contribution in [-0.4, -0.2) is 35.0 Å². The monoisotopic (exact) mass is 255 g/mol. The molecule has 0 fully saturated rings. The largest absolute Gasteiger partial charge is 0.461 e. The predicted molar refractivity (Wildman–Crippen MR) is 60.8 cm³/mol. The fourth-order valence-electron chi connectivity index (χ4n) is 1.55. The summed E-state index contributed by atoms with van der Waals surface area (Å²) in [4.78, 5) is 27.7. The molecule has 0 radical (unpaired) electrons. The molecular formula is C11H10ClNO4. The predicted octanol–water partition coefficient (Wildman–Crippen LogP) is 0.977. The molecule has 0 bridgehead atoms. The van der Waals surface area contributed by atoms with Crippen molar-refractivity contribution in [1.29, 1.82) is 0 Å². The van der Waals surface area contributed by atoms with Crippen LogP contribution in [0, 0.1) is 0 Å². The van der Waals surface area contributed by atoms with Crippen molar-refractivity contribution in [2.24, 2.45) is 5.16 Å². The highest BCUT2D eigenvalue weighted by molar-refractivity contribution is 6.50. The minimum Gasteiger partial charge on any atom is -0.461 e. The van der Waals surface area contributed by atoms with E-state index in [0.29, 0.717) is 0 Å². The summed E-state index contributed by atoms with van der Waals surface area (Å²) in [5.41, 5.74) is -1.05. The van der Waals surface area contributed by atoms with E-state index in [4.69, 9.17) is 21.2 Å². The van der Waals surface area contributed by atoms with Crippen LogP contribution >= 0.6 is 11.6 Å². The van der Waals surface area contributed by atoms with Gasteiger partial charge in [-0.25, -0.2) is 4.79 Å². The number of allylic oxidation sites excluding steroid dienone is 2. The van der Waals surface area contributed by atoms with Crippen molar-refractivity contribution in [1.82, 2.24) is 0 Å². The number of carbonyl (C=O) groups is 2. The first-order valence-corrected chi connectivity index (χ1v) is 5.52. The van der Waals surface area contributed by atoms with Crippen molar-refractivity contribution >= 4 is 29.1 Å². The number of ether oxygens (including phenoxy) is 1. The maximum absolute atomic E-state index is 11.5. The Labute approximate surface area is 103 Å². The molecule has 0 saturated heterocycles. The maximum Gasteiger partial charge on any atom is 0.357 e. The SMILES string of the molecule is CCOC(=O)C1=NOC2(C=CC(=O)C=C2)C1Cl. The minimum atomic E-state index is -1.06. The molecule has 0 aromatic rings. The quantitative estimate of drug-likeness (QED) is 0.545. The topological polar surface area (TPSA) is 65.0 Å². The molecule has 1 aliphatic heterocycles. The van der Waals surface area contributed by atoms with Gasteiger partial charge in [0.1, 0.15) is 5.38 Å². The number of rotatable bonds is 2. The second-order valence-corrected chi connectivity index (χ2v) is 4.01. The normalized spacial score (nSPS) is 24.7. The smallest absolute Gasteiger partial charge is 0.357 e. The molecule has 5 nitrogen and oxygen atoms in total. The molecule has 1 heterocycles. The molecule has 2 rings (SSSR count). The fourth-order valence-corrected chi connectivity index (χ4v) is 1.86. The van der Waals surface area contributed by atoms with Gasteiger partial charge in [-0.05, 0) is 31.2 Å². The Morgan fingerprint density at radius 2 is 2.24 bits per heavy atom. The van der Waals surface area contributed by atoms with Crippen LogP contribution in [0.25, 0.3) is 0 Å². The van der Waals surface area contributed by atoms with Gasteiger partial charge in [0.15, 0.2) is 17.1 Å². The number of esters is 1. The van der Waals surface area contributed by atoms with Crippen molar-refractivity contribution < 1.29 is 19.2 Å². The third kappa shape index (κ3) is 1.98.